The molecule has 0 spiro atoms. The van der Waals surface area contributed by atoms with Gasteiger partial charge < -0.3 is 19.5 Å². The SMILES string of the molecule is CCOC(=O)c1nn(-c2ccc(Cl)cc2)c(=O)c2c(NC(=O)/C=C/c3ccc4c(c3)OCO4)scc12. The first kappa shape index (κ1) is 23.6. The van der Waals surface area contributed by atoms with Gasteiger partial charge in [-0.1, -0.05) is 17.7 Å². The summed E-state index contributed by atoms with van der Waals surface area (Å²) in [6.45, 7) is 1.97. The minimum Gasteiger partial charge on any atom is -0.461 e. The maximum absolute atomic E-state index is 13.4. The van der Waals surface area contributed by atoms with Crippen LogP contribution in [0.4, 0.5) is 5.00 Å². The molecule has 0 unspecified atom stereocenters. The highest BCUT2D eigenvalue weighted by molar-refractivity contribution is 7.16. The molecule has 5 rings (SSSR count). The molecule has 0 radical (unpaired) electrons. The quantitative estimate of drug-likeness (QED) is 0.289. The van der Waals surface area contributed by atoms with E-state index in [-0.39, 0.29) is 29.5 Å². The lowest BCUT2D eigenvalue weighted by atomic mass is 10.2. The van der Waals surface area contributed by atoms with Crippen LogP contribution in [-0.2, 0) is 9.53 Å². The van der Waals surface area contributed by atoms with Gasteiger partial charge in [-0.2, -0.15) is 9.78 Å². The van der Waals surface area contributed by atoms with Crippen LogP contribution in [0.15, 0.2) is 58.7 Å². The molecule has 1 N–H and O–H groups in total. The zero-order chi connectivity index (χ0) is 25.2. The van der Waals surface area contributed by atoms with Gasteiger partial charge in [0.2, 0.25) is 12.7 Å². The summed E-state index contributed by atoms with van der Waals surface area (Å²) in [4.78, 5) is 38.8. The lowest BCUT2D eigenvalue weighted by molar-refractivity contribution is -0.111. The number of nitrogens with zero attached hydrogens (tertiary/aromatic N) is 2. The molecule has 0 atom stereocenters. The highest BCUT2D eigenvalue weighted by atomic mass is 35.5. The normalized spacial score (nSPS) is 12.3. The van der Waals surface area contributed by atoms with E-state index in [0.29, 0.717) is 27.6 Å². The van der Waals surface area contributed by atoms with Crippen molar-refractivity contribution in [3.8, 4) is 17.2 Å². The van der Waals surface area contributed by atoms with Gasteiger partial charge in [0.15, 0.2) is 17.2 Å². The number of ether oxygens (including phenoxy) is 3. The van der Waals surface area contributed by atoms with E-state index < -0.39 is 17.4 Å². The number of hydrogen-bond acceptors (Lipinski definition) is 8. The zero-order valence-electron chi connectivity index (χ0n) is 18.8. The summed E-state index contributed by atoms with van der Waals surface area (Å²) in [5.74, 6) is 0.111. The number of benzene rings is 2. The van der Waals surface area contributed by atoms with Gasteiger partial charge in [-0.25, -0.2) is 4.79 Å². The highest BCUT2D eigenvalue weighted by Crippen LogP contribution is 2.33. The predicted octanol–water partition coefficient (Wildman–Crippen LogP) is 4.66. The molecule has 0 saturated carbocycles. The van der Waals surface area contributed by atoms with Gasteiger partial charge in [0.05, 0.1) is 17.7 Å². The van der Waals surface area contributed by atoms with Crippen molar-refractivity contribution in [1.82, 2.24) is 9.78 Å². The Balaban J connectivity index is 1.51. The fourth-order valence-electron chi connectivity index (χ4n) is 3.59. The molecule has 11 heteroatoms. The van der Waals surface area contributed by atoms with Crippen molar-refractivity contribution in [2.75, 3.05) is 18.7 Å². The molecule has 36 heavy (non-hydrogen) atoms. The van der Waals surface area contributed by atoms with E-state index in [1.54, 1.807) is 60.8 Å². The Morgan fingerprint density at radius 3 is 2.75 bits per heavy atom. The Kier molecular flexibility index (Phi) is 6.45. The van der Waals surface area contributed by atoms with Gasteiger partial charge in [-0.15, -0.1) is 11.3 Å². The Morgan fingerprint density at radius 2 is 1.97 bits per heavy atom. The standard InChI is InChI=1S/C25H18ClN3O6S/c1-2-33-25(32)22-17-12-36-23(21(17)24(31)29(28-22)16-7-5-15(26)6-8-16)27-20(30)10-4-14-3-9-18-19(11-14)35-13-34-18/h3-12H,2,13H2,1H3,(H,27,30)/b10-4+. The average molecular weight is 524 g/mol. The molecule has 1 aliphatic heterocycles. The largest absolute Gasteiger partial charge is 0.461 e. The van der Waals surface area contributed by atoms with E-state index in [1.165, 1.54) is 6.08 Å². The molecule has 182 valence electrons. The van der Waals surface area contributed by atoms with Crippen molar-refractivity contribution in [2.45, 2.75) is 6.92 Å². The van der Waals surface area contributed by atoms with Crippen LogP contribution < -0.4 is 20.3 Å². The first-order valence-electron chi connectivity index (χ1n) is 10.8. The number of hydrogen-bond donors (Lipinski definition) is 1. The van der Waals surface area contributed by atoms with Crippen LogP contribution in [-0.4, -0.2) is 35.1 Å². The number of carbonyl (C=O) groups is 2. The number of rotatable bonds is 6. The molecule has 1 aliphatic rings. The summed E-state index contributed by atoms with van der Waals surface area (Å²) in [6, 6.07) is 11.7. The van der Waals surface area contributed by atoms with Crippen molar-refractivity contribution in [3.63, 3.8) is 0 Å². The van der Waals surface area contributed by atoms with Crippen LogP contribution >= 0.6 is 22.9 Å². The second-order valence-electron chi connectivity index (χ2n) is 7.55. The van der Waals surface area contributed by atoms with Crippen LogP contribution in [0.2, 0.25) is 5.02 Å². The van der Waals surface area contributed by atoms with Crippen molar-refractivity contribution < 1.29 is 23.8 Å². The molecule has 0 aliphatic carbocycles. The van der Waals surface area contributed by atoms with Crippen LogP contribution in [0.3, 0.4) is 0 Å². The Morgan fingerprint density at radius 1 is 1.19 bits per heavy atom. The summed E-state index contributed by atoms with van der Waals surface area (Å²) < 4.78 is 16.9. The maximum Gasteiger partial charge on any atom is 0.359 e. The van der Waals surface area contributed by atoms with Gasteiger partial charge in [0.25, 0.3) is 5.56 Å². The Bertz CT molecular complexity index is 1580. The molecule has 1 amide bonds. The second-order valence-corrected chi connectivity index (χ2v) is 8.87. The monoisotopic (exact) mass is 523 g/mol. The number of fused-ring (bicyclic) bond motifs is 2. The third-order valence-corrected chi connectivity index (χ3v) is 6.40. The van der Waals surface area contributed by atoms with Crippen LogP contribution in [0, 0.1) is 0 Å². The number of halogens is 1. The first-order valence-corrected chi connectivity index (χ1v) is 12.1. The number of nitrogens with one attached hydrogen (secondary N) is 1. The van der Waals surface area contributed by atoms with E-state index in [2.05, 4.69) is 10.4 Å². The summed E-state index contributed by atoms with van der Waals surface area (Å²) in [6.07, 6.45) is 2.96. The number of aromatic nitrogens is 2. The van der Waals surface area contributed by atoms with E-state index >= 15 is 0 Å². The third kappa shape index (κ3) is 4.56. The first-order chi connectivity index (χ1) is 17.4. The molecular formula is C25H18ClN3O6S. The minimum atomic E-state index is -0.677. The lowest BCUT2D eigenvalue weighted by Crippen LogP contribution is -2.25. The third-order valence-electron chi connectivity index (χ3n) is 5.25. The fourth-order valence-corrected chi connectivity index (χ4v) is 4.66. The number of esters is 1. The summed E-state index contributed by atoms with van der Waals surface area (Å²) in [5.41, 5.74) is 0.609. The zero-order valence-corrected chi connectivity index (χ0v) is 20.4. The number of amides is 1. The van der Waals surface area contributed by atoms with E-state index in [0.717, 1.165) is 21.6 Å². The Labute approximate surface area is 213 Å². The van der Waals surface area contributed by atoms with Crippen LogP contribution in [0.5, 0.6) is 11.5 Å². The fraction of sp³-hybridized carbons (Fsp3) is 0.120. The van der Waals surface area contributed by atoms with Gasteiger partial charge in [-0.3, -0.25) is 9.59 Å². The molecule has 2 aromatic heterocycles. The molecule has 9 nitrogen and oxygen atoms in total. The number of thiophene rings is 1. The summed E-state index contributed by atoms with van der Waals surface area (Å²) in [7, 11) is 0. The average Bonchev–Trinajstić information content (AvgIpc) is 3.51. The van der Waals surface area contributed by atoms with E-state index in [4.69, 9.17) is 25.8 Å². The topological polar surface area (TPSA) is 109 Å². The van der Waals surface area contributed by atoms with Crippen molar-refractivity contribution in [1.29, 1.82) is 0 Å². The van der Waals surface area contributed by atoms with Crippen molar-refractivity contribution in [2.24, 2.45) is 0 Å². The lowest BCUT2D eigenvalue weighted by Gasteiger charge is -2.09. The number of carbonyl (C=O) groups excluding carboxylic acids is 2. The van der Waals surface area contributed by atoms with Gasteiger partial charge >= 0.3 is 5.97 Å². The van der Waals surface area contributed by atoms with Gasteiger partial charge in [0.1, 0.15) is 5.00 Å². The molecule has 0 bridgehead atoms. The highest BCUT2D eigenvalue weighted by Gasteiger charge is 2.23. The molecule has 0 saturated heterocycles. The van der Waals surface area contributed by atoms with Crippen molar-refractivity contribution >= 4 is 56.7 Å². The van der Waals surface area contributed by atoms with Gasteiger partial charge in [-0.05, 0) is 55.0 Å². The summed E-state index contributed by atoms with van der Waals surface area (Å²) >= 11 is 7.09. The van der Waals surface area contributed by atoms with E-state index in [1.807, 2.05) is 0 Å². The predicted molar refractivity (Wildman–Crippen MR) is 136 cm³/mol. The van der Waals surface area contributed by atoms with Crippen LogP contribution in [0.25, 0.3) is 22.5 Å². The summed E-state index contributed by atoms with van der Waals surface area (Å²) in [5, 5.41) is 9.81. The smallest absolute Gasteiger partial charge is 0.359 e. The maximum atomic E-state index is 13.4. The van der Waals surface area contributed by atoms with Crippen LogP contribution in [0.1, 0.15) is 23.0 Å². The number of anilines is 1. The Hall–Kier alpha value is -4.15. The minimum absolute atomic E-state index is 0.0333. The molecule has 2 aromatic carbocycles. The molecule has 0 fully saturated rings. The second kappa shape index (κ2) is 9.84. The van der Waals surface area contributed by atoms with Gasteiger partial charge in [0, 0.05) is 21.9 Å². The molecule has 4 aromatic rings. The molecular weight excluding hydrogens is 506 g/mol. The van der Waals surface area contributed by atoms with E-state index in [9.17, 15) is 14.4 Å². The van der Waals surface area contributed by atoms with Crippen molar-refractivity contribution in [3.05, 3.63) is 80.6 Å². The molecule has 3 heterocycles.